The van der Waals surface area contributed by atoms with Gasteiger partial charge in [-0.25, -0.2) is 4.79 Å². The van der Waals surface area contributed by atoms with Crippen LogP contribution < -0.4 is 16.4 Å². The second-order valence-electron chi connectivity index (χ2n) is 6.77. The largest absolute Gasteiger partial charge is 0.357 e. The first-order valence-corrected chi connectivity index (χ1v) is 10.1. The van der Waals surface area contributed by atoms with Crippen LogP contribution in [-0.4, -0.2) is 59.3 Å². The lowest BCUT2D eigenvalue weighted by Crippen LogP contribution is -2.50. The van der Waals surface area contributed by atoms with Gasteiger partial charge in [0.1, 0.15) is 0 Å². The monoisotopic (exact) mass is 419 g/mol. The Balaban J connectivity index is 1.52. The Kier molecular flexibility index (Phi) is 7.29. The number of carbonyl (C=O) groups is 1. The Bertz CT molecular complexity index is 829. The van der Waals surface area contributed by atoms with E-state index < -0.39 is 0 Å². The minimum Gasteiger partial charge on any atom is -0.357 e. The van der Waals surface area contributed by atoms with Crippen LogP contribution >= 0.6 is 11.6 Å². The molecule has 1 aliphatic rings. The lowest BCUT2D eigenvalue weighted by molar-refractivity contribution is 0.188. The van der Waals surface area contributed by atoms with Crippen LogP contribution in [0, 0.1) is 0 Å². The third-order valence-electron chi connectivity index (χ3n) is 4.66. The highest BCUT2D eigenvalue weighted by atomic mass is 35.5. The van der Waals surface area contributed by atoms with Gasteiger partial charge < -0.3 is 25.8 Å². The minimum atomic E-state index is -0.360. The van der Waals surface area contributed by atoms with Crippen molar-refractivity contribution in [2.75, 3.05) is 26.2 Å². The number of hydrogen-bond donors (Lipinski definition) is 3. The van der Waals surface area contributed by atoms with Crippen LogP contribution in [0.4, 0.5) is 4.79 Å². The summed E-state index contributed by atoms with van der Waals surface area (Å²) in [5.74, 6) is 1.80. The molecule has 0 bridgehead atoms. The molecule has 0 radical (unpaired) electrons. The van der Waals surface area contributed by atoms with E-state index in [1.165, 1.54) is 0 Å². The second-order valence-corrected chi connectivity index (χ2v) is 7.21. The quantitative estimate of drug-likeness (QED) is 0.486. The van der Waals surface area contributed by atoms with Gasteiger partial charge >= 0.3 is 6.03 Å². The highest BCUT2D eigenvalue weighted by Gasteiger charge is 2.21. The van der Waals surface area contributed by atoms with Gasteiger partial charge in [0.2, 0.25) is 11.7 Å². The van der Waals surface area contributed by atoms with E-state index in [4.69, 9.17) is 21.9 Å². The third kappa shape index (κ3) is 6.08. The fraction of sp³-hybridized carbons (Fsp3) is 0.474. The number of carbonyl (C=O) groups excluding carboxylic acids is 1. The number of aromatic nitrogens is 2. The molecule has 2 heterocycles. The standard InChI is InChI=1S/C19H26ClN7O2/c1-2-22-19(24-15-8-11-27(12-9-15)18(21)28)23-10-7-16-25-17(26-29-16)13-3-5-14(20)6-4-13/h3-6,15H,2,7-12H2,1H3,(H2,21,28)(H2,22,23,24). The zero-order valence-electron chi connectivity index (χ0n) is 16.4. The first kappa shape index (κ1) is 20.9. The molecule has 3 rings (SSSR count). The van der Waals surface area contributed by atoms with E-state index in [9.17, 15) is 4.79 Å². The zero-order chi connectivity index (χ0) is 20.6. The topological polar surface area (TPSA) is 122 Å². The van der Waals surface area contributed by atoms with Crippen LogP contribution in [0.5, 0.6) is 0 Å². The molecule has 2 amide bonds. The molecule has 4 N–H and O–H groups in total. The van der Waals surface area contributed by atoms with Crippen molar-refractivity contribution in [2.45, 2.75) is 32.2 Å². The number of amides is 2. The van der Waals surface area contributed by atoms with Crippen LogP contribution in [0.1, 0.15) is 25.7 Å². The number of nitrogens with one attached hydrogen (secondary N) is 2. The summed E-state index contributed by atoms with van der Waals surface area (Å²) in [5.41, 5.74) is 6.18. The second kappa shape index (κ2) is 10.1. The maximum absolute atomic E-state index is 11.2. The Hall–Kier alpha value is -2.81. The number of piperidine rings is 1. The molecular weight excluding hydrogens is 394 g/mol. The van der Waals surface area contributed by atoms with Crippen molar-refractivity contribution in [3.63, 3.8) is 0 Å². The summed E-state index contributed by atoms with van der Waals surface area (Å²) >= 11 is 5.91. The number of benzene rings is 1. The number of likely N-dealkylation sites (tertiary alicyclic amines) is 1. The van der Waals surface area contributed by atoms with Crippen LogP contribution in [-0.2, 0) is 6.42 Å². The first-order valence-electron chi connectivity index (χ1n) is 9.73. The highest BCUT2D eigenvalue weighted by Crippen LogP contribution is 2.18. The SMILES string of the molecule is CCNC(=NCCc1nc(-c2ccc(Cl)cc2)no1)NC1CCN(C(N)=O)CC1. The third-order valence-corrected chi connectivity index (χ3v) is 4.91. The van der Waals surface area contributed by atoms with Crippen molar-refractivity contribution in [2.24, 2.45) is 10.7 Å². The number of primary amides is 1. The number of aliphatic imine (C=N–C) groups is 1. The van der Waals surface area contributed by atoms with Crippen molar-refractivity contribution in [3.8, 4) is 11.4 Å². The molecule has 1 fully saturated rings. The van der Waals surface area contributed by atoms with E-state index in [0.717, 1.165) is 30.9 Å². The number of halogens is 1. The van der Waals surface area contributed by atoms with Gasteiger partial charge in [-0.3, -0.25) is 4.99 Å². The van der Waals surface area contributed by atoms with E-state index in [-0.39, 0.29) is 12.1 Å². The molecule has 1 aromatic carbocycles. The first-order chi connectivity index (χ1) is 14.0. The number of hydrogen-bond acceptors (Lipinski definition) is 5. The fourth-order valence-corrected chi connectivity index (χ4v) is 3.22. The van der Waals surface area contributed by atoms with Crippen LogP contribution in [0.2, 0.25) is 5.02 Å². The molecular formula is C19H26ClN7O2. The summed E-state index contributed by atoms with van der Waals surface area (Å²) in [6.07, 6.45) is 2.21. The van der Waals surface area contributed by atoms with Gasteiger partial charge in [-0.05, 0) is 44.0 Å². The summed E-state index contributed by atoms with van der Waals surface area (Å²) in [4.78, 5) is 21.9. The number of urea groups is 1. The van der Waals surface area contributed by atoms with Gasteiger partial charge in [0.25, 0.3) is 0 Å². The maximum Gasteiger partial charge on any atom is 0.314 e. The van der Waals surface area contributed by atoms with Crippen molar-refractivity contribution in [1.29, 1.82) is 0 Å². The molecule has 0 aliphatic carbocycles. The molecule has 1 saturated heterocycles. The predicted molar refractivity (Wildman–Crippen MR) is 112 cm³/mol. The van der Waals surface area contributed by atoms with Crippen molar-refractivity contribution in [3.05, 3.63) is 35.2 Å². The van der Waals surface area contributed by atoms with E-state index in [0.29, 0.717) is 42.8 Å². The van der Waals surface area contributed by atoms with Crippen molar-refractivity contribution >= 4 is 23.6 Å². The van der Waals surface area contributed by atoms with E-state index in [2.05, 4.69) is 25.8 Å². The molecule has 0 atom stereocenters. The molecule has 2 aromatic rings. The van der Waals surface area contributed by atoms with E-state index in [1.54, 1.807) is 17.0 Å². The Morgan fingerprint density at radius 1 is 1.34 bits per heavy atom. The van der Waals surface area contributed by atoms with Gasteiger partial charge in [0, 0.05) is 42.7 Å². The summed E-state index contributed by atoms with van der Waals surface area (Å²) in [7, 11) is 0. The average molecular weight is 420 g/mol. The lowest BCUT2D eigenvalue weighted by atomic mass is 10.1. The molecule has 1 aromatic heterocycles. The number of rotatable bonds is 6. The fourth-order valence-electron chi connectivity index (χ4n) is 3.09. The van der Waals surface area contributed by atoms with Gasteiger partial charge in [0.15, 0.2) is 5.96 Å². The van der Waals surface area contributed by atoms with E-state index >= 15 is 0 Å². The summed E-state index contributed by atoms with van der Waals surface area (Å²) in [5, 5.41) is 11.3. The minimum absolute atomic E-state index is 0.253. The molecule has 156 valence electrons. The Morgan fingerprint density at radius 3 is 2.72 bits per heavy atom. The number of nitrogens with two attached hydrogens (primary N) is 1. The van der Waals surface area contributed by atoms with Crippen molar-refractivity contribution in [1.82, 2.24) is 25.7 Å². The predicted octanol–water partition coefficient (Wildman–Crippen LogP) is 2.03. The zero-order valence-corrected chi connectivity index (χ0v) is 17.2. The average Bonchev–Trinajstić information content (AvgIpc) is 3.18. The van der Waals surface area contributed by atoms with Crippen LogP contribution in [0.3, 0.4) is 0 Å². The number of nitrogens with zero attached hydrogens (tertiary/aromatic N) is 4. The molecule has 0 unspecified atom stereocenters. The molecule has 10 heteroatoms. The van der Waals surface area contributed by atoms with E-state index in [1.807, 2.05) is 19.1 Å². The Labute approximate surface area is 174 Å². The van der Waals surface area contributed by atoms with Gasteiger partial charge in [0.05, 0.1) is 6.54 Å². The lowest BCUT2D eigenvalue weighted by Gasteiger charge is -2.32. The summed E-state index contributed by atoms with van der Waals surface area (Å²) in [6.45, 7) is 4.60. The van der Waals surface area contributed by atoms with Crippen LogP contribution in [0.25, 0.3) is 11.4 Å². The van der Waals surface area contributed by atoms with Gasteiger partial charge in [-0.2, -0.15) is 4.98 Å². The molecule has 0 spiro atoms. The molecule has 9 nitrogen and oxygen atoms in total. The Morgan fingerprint density at radius 2 is 2.07 bits per heavy atom. The van der Waals surface area contributed by atoms with Crippen LogP contribution in [0.15, 0.2) is 33.8 Å². The van der Waals surface area contributed by atoms with Gasteiger partial charge in [-0.15, -0.1) is 0 Å². The molecule has 0 saturated carbocycles. The normalized spacial score (nSPS) is 15.4. The molecule has 29 heavy (non-hydrogen) atoms. The highest BCUT2D eigenvalue weighted by molar-refractivity contribution is 6.30. The maximum atomic E-state index is 11.2. The summed E-state index contributed by atoms with van der Waals surface area (Å²) in [6, 6.07) is 7.18. The van der Waals surface area contributed by atoms with Crippen molar-refractivity contribution < 1.29 is 9.32 Å². The summed E-state index contributed by atoms with van der Waals surface area (Å²) < 4.78 is 5.32. The smallest absolute Gasteiger partial charge is 0.314 e. The van der Waals surface area contributed by atoms with Gasteiger partial charge in [-0.1, -0.05) is 16.8 Å². The number of guanidine groups is 1. The molecule has 1 aliphatic heterocycles.